The van der Waals surface area contributed by atoms with E-state index >= 15 is 0 Å². The summed E-state index contributed by atoms with van der Waals surface area (Å²) in [6, 6.07) is 50.8. The Kier molecular flexibility index (Phi) is 26.7. The van der Waals surface area contributed by atoms with Crippen molar-refractivity contribution in [2.75, 3.05) is 21.3 Å². The van der Waals surface area contributed by atoms with Crippen LogP contribution in [0.1, 0.15) is 176 Å². The zero-order valence-corrected chi connectivity index (χ0v) is 51.0. The van der Waals surface area contributed by atoms with Crippen molar-refractivity contribution < 1.29 is 15.0 Å². The first-order chi connectivity index (χ1) is 37.3. The van der Waals surface area contributed by atoms with Gasteiger partial charge in [0.05, 0.1) is 7.11 Å². The summed E-state index contributed by atoms with van der Waals surface area (Å²) in [6.07, 6.45) is 14.5. The lowest BCUT2D eigenvalue weighted by Gasteiger charge is -2.19. The normalized spacial score (nSPS) is 15.0. The second-order valence-electron chi connectivity index (χ2n) is 23.2. The van der Waals surface area contributed by atoms with Crippen molar-refractivity contribution in [2.45, 2.75) is 172 Å². The number of rotatable bonds is 1. The molecular formula is C72H104N2O2. The van der Waals surface area contributed by atoms with Crippen LogP contribution in [0.4, 0.5) is 0 Å². The van der Waals surface area contributed by atoms with Crippen LogP contribution in [0.3, 0.4) is 0 Å². The van der Waals surface area contributed by atoms with E-state index in [-0.39, 0.29) is 28.0 Å². The minimum absolute atomic E-state index is 0.0556. The Labute approximate surface area is 470 Å². The van der Waals surface area contributed by atoms with Gasteiger partial charge in [-0.25, -0.2) is 0 Å². The number of terminal acetylenes is 1. The maximum absolute atomic E-state index is 7.63. The van der Waals surface area contributed by atoms with E-state index in [4.69, 9.17) is 10.2 Å². The summed E-state index contributed by atoms with van der Waals surface area (Å²) in [4.78, 5) is 0. The third-order valence-corrected chi connectivity index (χ3v) is 13.4. The van der Waals surface area contributed by atoms with Crippen LogP contribution in [0.15, 0.2) is 146 Å². The van der Waals surface area contributed by atoms with E-state index in [1.165, 1.54) is 92.4 Å². The molecule has 76 heavy (non-hydrogen) atoms. The Morgan fingerprint density at radius 1 is 0.526 bits per heavy atom. The molecule has 0 spiro atoms. The van der Waals surface area contributed by atoms with Crippen LogP contribution in [0.5, 0.6) is 5.75 Å². The van der Waals surface area contributed by atoms with E-state index in [1.807, 2.05) is 83.1 Å². The molecule has 0 bridgehead atoms. The second-order valence-corrected chi connectivity index (χ2v) is 23.2. The molecule has 8 aromatic rings. The summed E-state index contributed by atoms with van der Waals surface area (Å²) >= 11 is 0. The van der Waals surface area contributed by atoms with Crippen molar-refractivity contribution in [1.82, 2.24) is 9.13 Å². The number of nitrogens with zero attached hydrogens (tertiary/aromatic N) is 2. The van der Waals surface area contributed by atoms with Gasteiger partial charge in [0.15, 0.2) is 0 Å². The van der Waals surface area contributed by atoms with Gasteiger partial charge in [0.2, 0.25) is 0 Å². The van der Waals surface area contributed by atoms with E-state index in [0.29, 0.717) is 0 Å². The van der Waals surface area contributed by atoms with Gasteiger partial charge in [0.1, 0.15) is 5.75 Å². The lowest BCUT2D eigenvalue weighted by atomic mass is 9.85. The van der Waals surface area contributed by atoms with Crippen molar-refractivity contribution in [3.05, 3.63) is 162 Å². The minimum Gasteiger partial charge on any atom is -0.497 e. The number of para-hydroxylation sites is 3. The van der Waals surface area contributed by atoms with Gasteiger partial charge in [0, 0.05) is 77.4 Å². The number of aryl methyl sites for hydroxylation is 3. The van der Waals surface area contributed by atoms with Gasteiger partial charge in [-0.1, -0.05) is 250 Å². The summed E-state index contributed by atoms with van der Waals surface area (Å²) < 4.78 is 43.3. The molecule has 2 heterocycles. The highest BCUT2D eigenvalue weighted by atomic mass is 16.5. The maximum atomic E-state index is 7.63. The van der Waals surface area contributed by atoms with Crippen LogP contribution in [-0.4, -0.2) is 30.5 Å². The van der Waals surface area contributed by atoms with Crippen LogP contribution in [-0.2, 0) is 29.7 Å². The van der Waals surface area contributed by atoms with Crippen LogP contribution < -0.4 is 4.74 Å². The molecule has 4 nitrogen and oxygen atoms in total. The van der Waals surface area contributed by atoms with Gasteiger partial charge in [0.25, 0.3) is 0 Å². The first kappa shape index (κ1) is 59.5. The monoisotopic (exact) mass is 1030 g/mol. The quantitative estimate of drug-likeness (QED) is 0.153. The number of fused-ring (bicyclic) bond motifs is 6. The van der Waals surface area contributed by atoms with Crippen LogP contribution >= 0.6 is 0 Å². The van der Waals surface area contributed by atoms with Crippen LogP contribution in [0, 0.1) is 36.5 Å². The summed E-state index contributed by atoms with van der Waals surface area (Å²) in [5, 5.41) is 5.42. The number of methoxy groups -OCH3 is 2. The first-order valence-electron chi connectivity index (χ1n) is 29.6. The number of aromatic nitrogens is 2. The smallest absolute Gasteiger partial charge is 0.118 e. The third-order valence-electron chi connectivity index (χ3n) is 13.4. The summed E-state index contributed by atoms with van der Waals surface area (Å²) in [7, 11) is 9.19. The Morgan fingerprint density at radius 2 is 0.829 bits per heavy atom. The molecule has 2 aromatic heterocycles. The highest BCUT2D eigenvalue weighted by Crippen LogP contribution is 2.35. The molecule has 2 aliphatic carbocycles. The average molecular weight is 1030 g/mol. The van der Waals surface area contributed by atoms with Gasteiger partial charge in [-0.2, -0.15) is 0 Å². The molecule has 0 radical (unpaired) electrons. The lowest BCUT2D eigenvalue weighted by Crippen LogP contribution is -2.10. The van der Waals surface area contributed by atoms with Gasteiger partial charge in [-0.3, -0.25) is 0 Å². The molecule has 2 saturated carbocycles. The van der Waals surface area contributed by atoms with Crippen molar-refractivity contribution in [1.29, 1.82) is 0 Å². The molecule has 414 valence electrons. The van der Waals surface area contributed by atoms with E-state index in [0.717, 1.165) is 31.4 Å². The molecule has 0 aliphatic heterocycles. The van der Waals surface area contributed by atoms with Gasteiger partial charge in [-0.15, -0.1) is 12.3 Å². The highest BCUT2D eigenvalue weighted by molar-refractivity contribution is 6.09. The third kappa shape index (κ3) is 23.6. The molecule has 6 aromatic carbocycles. The average Bonchev–Trinajstić information content (AvgIpc) is 4.04. The Hall–Kier alpha value is -5.76. The van der Waals surface area contributed by atoms with Crippen LogP contribution in [0.2, 0.25) is 0 Å². The van der Waals surface area contributed by atoms with E-state index in [9.17, 15) is 0 Å². The first-order valence-corrected chi connectivity index (χ1v) is 27.6. The topological polar surface area (TPSA) is 28.3 Å². The van der Waals surface area contributed by atoms with E-state index in [2.05, 4.69) is 186 Å². The number of hydrogen-bond donors (Lipinski definition) is 0. The Morgan fingerprint density at radius 3 is 1.09 bits per heavy atom. The molecule has 10 rings (SSSR count). The summed E-state index contributed by atoms with van der Waals surface area (Å²) in [5.41, 5.74) is 9.47. The molecule has 0 amide bonds. The molecule has 0 atom stereocenters. The summed E-state index contributed by atoms with van der Waals surface area (Å²) in [6.45, 7) is 28.8. The van der Waals surface area contributed by atoms with Crippen molar-refractivity contribution in [2.24, 2.45) is 31.3 Å². The van der Waals surface area contributed by atoms with E-state index in [1.54, 1.807) is 35.2 Å². The molecule has 2 fully saturated rings. The van der Waals surface area contributed by atoms with Gasteiger partial charge >= 0.3 is 0 Å². The van der Waals surface area contributed by atoms with Crippen molar-refractivity contribution in [3.63, 3.8) is 0 Å². The molecule has 0 N–H and O–H groups in total. The fourth-order valence-electron chi connectivity index (χ4n) is 8.49. The van der Waals surface area contributed by atoms with Gasteiger partial charge < -0.3 is 18.6 Å². The zero-order chi connectivity index (χ0) is 60.5. The standard InChI is InChI=1S/C21H27N.C13H11N.C7H8O.C7H14.C7H8.C6H12.C6H14.C3H4.C2H6O/c1-20(2,3)14-8-10-18-16(12-14)17-13-15(21(4,5)6)9-11-19(17)22(18)7;1-14-12-8-4-2-6-10(12)11-7-3-5-9-13(11)14;1-8-7-5-3-2-4-6-7;2*1-7-5-3-2-4-6-7;1-6-4-2-3-5-6;1-5-6(2,3)4;2*1-3-2/h8-13H,1-7H3;2-9H,1H3;2-6H,1H3;7H,2-6H2,1H3;2-6H,1H3;6H,2-5H2,1H3;5H2,1-4H3;1H,2H3;1-2H3/i;;;7D;;6D;5D2;;. The number of ether oxygens (including phenoxy) is 2. The van der Waals surface area contributed by atoms with E-state index < -0.39 is 6.37 Å². The zero-order valence-electron chi connectivity index (χ0n) is 55.0. The fraction of sp³-hybridized carbons (Fsp3) is 0.472. The van der Waals surface area contributed by atoms with Crippen LogP contribution in [0.25, 0.3) is 43.6 Å². The number of hydrogen-bond acceptors (Lipinski definition) is 2. The Bertz CT molecular complexity index is 2890. The predicted molar refractivity (Wildman–Crippen MR) is 339 cm³/mol. The highest BCUT2D eigenvalue weighted by Gasteiger charge is 2.19. The molecule has 0 saturated heterocycles. The fourth-order valence-corrected chi connectivity index (χ4v) is 8.49. The SMILES string of the molecule is C#CC.COC.COc1ccccc1.Cc1ccccc1.Cn1c2ccc(C(C)(C)C)cc2c2cc(C(C)(C)C)ccc21.Cn1c2ccccc2c2ccccc21.[2H]C([2H])(C)C(C)(C)C.[2H]C1(C)CCCC1.[2H]C1(C)CCCCC1. The molecule has 2 aliphatic rings. The molecular weight excluding hydrogens is 925 g/mol. The Balaban J connectivity index is 0.000000329. The van der Waals surface area contributed by atoms with Crippen molar-refractivity contribution in [3.8, 4) is 18.1 Å². The second kappa shape index (κ2) is 34.1. The number of benzene rings is 6. The minimum atomic E-state index is -1.06. The predicted octanol–water partition coefficient (Wildman–Crippen LogP) is 21.1. The summed E-state index contributed by atoms with van der Waals surface area (Å²) in [5.74, 6) is 3.03. The largest absolute Gasteiger partial charge is 0.497 e. The van der Waals surface area contributed by atoms with Crippen molar-refractivity contribution >= 4 is 43.6 Å². The van der Waals surface area contributed by atoms with Gasteiger partial charge in [-0.05, 0) is 102 Å². The maximum Gasteiger partial charge on any atom is 0.118 e. The molecule has 4 heteroatoms. The molecule has 0 unspecified atom stereocenters. The lowest BCUT2D eigenvalue weighted by molar-refractivity contribution is 0.277.